The summed E-state index contributed by atoms with van der Waals surface area (Å²) in [5.74, 6) is -0.901. The van der Waals surface area contributed by atoms with Gasteiger partial charge in [-0.1, -0.05) is 174 Å². The Kier molecular flexibility index (Phi) is 28.2. The molecule has 3 nitrogen and oxygen atoms in total. The first-order chi connectivity index (χ1) is 16.7. The fraction of sp³-hybridized carbons (Fsp3) is 0.968. The number of carboxylic acid groups (broad SMARTS) is 1. The summed E-state index contributed by atoms with van der Waals surface area (Å²) in [4.78, 5) is 10.5. The SMILES string of the molecule is CCCCCCCCCCCCCCCCCCCCCCCCCCCCC(O)CC(=O)O. The van der Waals surface area contributed by atoms with Gasteiger partial charge in [0.15, 0.2) is 0 Å². The minimum absolute atomic E-state index is 0.112. The van der Waals surface area contributed by atoms with Crippen LogP contribution < -0.4 is 0 Å². The number of hydrogen-bond acceptors (Lipinski definition) is 2. The van der Waals surface area contributed by atoms with Crippen molar-refractivity contribution in [3.05, 3.63) is 0 Å². The van der Waals surface area contributed by atoms with E-state index in [0.29, 0.717) is 6.42 Å². The second-order valence-corrected chi connectivity index (χ2v) is 10.9. The normalized spacial score (nSPS) is 12.3. The Morgan fingerprint density at radius 3 is 0.941 bits per heavy atom. The van der Waals surface area contributed by atoms with E-state index in [1.807, 2.05) is 0 Å². The molecule has 0 bridgehead atoms. The summed E-state index contributed by atoms with van der Waals surface area (Å²) in [7, 11) is 0. The van der Waals surface area contributed by atoms with Crippen molar-refractivity contribution < 1.29 is 15.0 Å². The van der Waals surface area contributed by atoms with Gasteiger partial charge in [0.1, 0.15) is 0 Å². The average Bonchev–Trinajstić information content (AvgIpc) is 2.81. The van der Waals surface area contributed by atoms with Gasteiger partial charge < -0.3 is 10.2 Å². The van der Waals surface area contributed by atoms with E-state index in [2.05, 4.69) is 6.92 Å². The van der Waals surface area contributed by atoms with Gasteiger partial charge in [-0.2, -0.15) is 0 Å². The second-order valence-electron chi connectivity index (χ2n) is 10.9. The number of aliphatic hydroxyl groups excluding tert-OH is 1. The third kappa shape index (κ3) is 29.5. The van der Waals surface area contributed by atoms with Gasteiger partial charge in [-0.05, 0) is 6.42 Å². The first kappa shape index (κ1) is 33.4. The summed E-state index contributed by atoms with van der Waals surface area (Å²) < 4.78 is 0. The van der Waals surface area contributed by atoms with Crippen LogP contribution >= 0.6 is 0 Å². The molecule has 0 rings (SSSR count). The van der Waals surface area contributed by atoms with Crippen molar-refractivity contribution in [1.29, 1.82) is 0 Å². The van der Waals surface area contributed by atoms with Crippen molar-refractivity contribution in [3.63, 3.8) is 0 Å². The van der Waals surface area contributed by atoms with E-state index in [0.717, 1.165) is 12.8 Å². The fourth-order valence-corrected chi connectivity index (χ4v) is 5.00. The average molecular weight is 483 g/mol. The predicted octanol–water partition coefficient (Wildman–Crippen LogP) is 10.4. The van der Waals surface area contributed by atoms with Gasteiger partial charge in [-0.25, -0.2) is 0 Å². The molecule has 34 heavy (non-hydrogen) atoms. The Balaban J connectivity index is 3.06. The van der Waals surface area contributed by atoms with Gasteiger partial charge in [0.25, 0.3) is 0 Å². The predicted molar refractivity (Wildman–Crippen MR) is 149 cm³/mol. The van der Waals surface area contributed by atoms with Crippen LogP contribution in [0.4, 0.5) is 0 Å². The molecule has 3 heteroatoms. The number of aliphatic carboxylic acids is 1. The number of hydrogen-bond donors (Lipinski definition) is 2. The van der Waals surface area contributed by atoms with Gasteiger partial charge in [0.05, 0.1) is 12.5 Å². The molecule has 1 atom stereocenters. The van der Waals surface area contributed by atoms with Crippen molar-refractivity contribution in [2.24, 2.45) is 0 Å². The van der Waals surface area contributed by atoms with Crippen LogP contribution in [0.1, 0.15) is 187 Å². The Morgan fingerprint density at radius 1 is 0.471 bits per heavy atom. The highest BCUT2D eigenvalue weighted by molar-refractivity contribution is 5.67. The molecule has 0 heterocycles. The summed E-state index contributed by atoms with van der Waals surface area (Å²) in [6, 6.07) is 0. The van der Waals surface area contributed by atoms with E-state index in [1.54, 1.807) is 0 Å². The lowest BCUT2D eigenvalue weighted by Crippen LogP contribution is -2.12. The Hall–Kier alpha value is -0.570. The highest BCUT2D eigenvalue weighted by Crippen LogP contribution is 2.16. The van der Waals surface area contributed by atoms with Crippen molar-refractivity contribution >= 4 is 5.97 Å². The first-order valence-electron chi connectivity index (χ1n) is 15.6. The molecule has 204 valence electrons. The van der Waals surface area contributed by atoms with Gasteiger partial charge in [-0.15, -0.1) is 0 Å². The minimum atomic E-state index is -0.901. The van der Waals surface area contributed by atoms with E-state index in [4.69, 9.17) is 5.11 Å². The number of carbonyl (C=O) groups is 1. The molecular formula is C31H62O3. The highest BCUT2D eigenvalue weighted by atomic mass is 16.4. The maximum Gasteiger partial charge on any atom is 0.305 e. The second kappa shape index (κ2) is 28.7. The Morgan fingerprint density at radius 2 is 0.706 bits per heavy atom. The number of carboxylic acids is 1. The largest absolute Gasteiger partial charge is 0.481 e. The monoisotopic (exact) mass is 482 g/mol. The van der Waals surface area contributed by atoms with Gasteiger partial charge in [0, 0.05) is 0 Å². The summed E-state index contributed by atoms with van der Waals surface area (Å²) in [6.45, 7) is 2.29. The summed E-state index contributed by atoms with van der Waals surface area (Å²) in [5, 5.41) is 18.1. The molecule has 0 radical (unpaired) electrons. The van der Waals surface area contributed by atoms with Crippen molar-refractivity contribution in [1.82, 2.24) is 0 Å². The van der Waals surface area contributed by atoms with E-state index >= 15 is 0 Å². The number of rotatable bonds is 29. The molecule has 0 spiro atoms. The van der Waals surface area contributed by atoms with Crippen LogP contribution in [0.2, 0.25) is 0 Å². The van der Waals surface area contributed by atoms with Crippen LogP contribution in [0.3, 0.4) is 0 Å². The topological polar surface area (TPSA) is 57.5 Å². The zero-order valence-electron chi connectivity index (χ0n) is 23.2. The van der Waals surface area contributed by atoms with E-state index in [9.17, 15) is 9.90 Å². The Labute approximate surface area is 213 Å². The van der Waals surface area contributed by atoms with E-state index in [1.165, 1.54) is 154 Å². The van der Waals surface area contributed by atoms with Gasteiger partial charge >= 0.3 is 5.97 Å². The molecule has 2 N–H and O–H groups in total. The van der Waals surface area contributed by atoms with Crippen LogP contribution in [-0.4, -0.2) is 22.3 Å². The van der Waals surface area contributed by atoms with Crippen LogP contribution in [0, 0.1) is 0 Å². The molecule has 0 aliphatic rings. The van der Waals surface area contributed by atoms with Crippen LogP contribution in [-0.2, 0) is 4.79 Å². The van der Waals surface area contributed by atoms with E-state index < -0.39 is 12.1 Å². The van der Waals surface area contributed by atoms with Gasteiger partial charge in [0.2, 0.25) is 0 Å². The molecule has 0 saturated heterocycles. The van der Waals surface area contributed by atoms with Gasteiger partial charge in [-0.3, -0.25) is 4.79 Å². The minimum Gasteiger partial charge on any atom is -0.481 e. The molecule has 0 aromatic rings. The molecule has 0 aromatic carbocycles. The molecule has 0 aliphatic heterocycles. The fourth-order valence-electron chi connectivity index (χ4n) is 5.00. The first-order valence-corrected chi connectivity index (χ1v) is 15.6. The zero-order chi connectivity index (χ0) is 25.0. The lowest BCUT2D eigenvalue weighted by atomic mass is 10.0. The molecule has 0 saturated carbocycles. The number of unbranched alkanes of at least 4 members (excludes halogenated alkanes) is 25. The molecule has 0 amide bonds. The maximum atomic E-state index is 10.5. The quantitative estimate of drug-likeness (QED) is 0.104. The number of aliphatic hydroxyl groups is 1. The highest BCUT2D eigenvalue weighted by Gasteiger charge is 2.08. The van der Waals surface area contributed by atoms with Crippen molar-refractivity contribution in [3.8, 4) is 0 Å². The molecule has 0 fully saturated rings. The van der Waals surface area contributed by atoms with Crippen molar-refractivity contribution in [2.45, 2.75) is 193 Å². The van der Waals surface area contributed by atoms with Crippen molar-refractivity contribution in [2.75, 3.05) is 0 Å². The summed E-state index contributed by atoms with van der Waals surface area (Å²) in [6.07, 6.45) is 36.0. The maximum absolute atomic E-state index is 10.5. The zero-order valence-corrected chi connectivity index (χ0v) is 23.2. The molecular weight excluding hydrogens is 420 g/mol. The smallest absolute Gasteiger partial charge is 0.305 e. The molecule has 0 aromatic heterocycles. The standard InChI is InChI=1S/C31H62O3/c1-2-3-4-5-6-7-8-9-10-11-12-13-14-15-16-17-18-19-20-21-22-23-24-25-26-27-28-30(32)29-31(33)34/h30,32H,2-29H2,1H3,(H,33,34). The third-order valence-electron chi connectivity index (χ3n) is 7.30. The van der Waals surface area contributed by atoms with Crippen LogP contribution in [0.5, 0.6) is 0 Å². The Bertz CT molecular complexity index is 396. The van der Waals surface area contributed by atoms with Crippen LogP contribution in [0.15, 0.2) is 0 Å². The molecule has 1 unspecified atom stereocenters. The lowest BCUT2D eigenvalue weighted by molar-refractivity contribution is -0.139. The third-order valence-corrected chi connectivity index (χ3v) is 7.30. The molecule has 0 aliphatic carbocycles. The summed E-state index contributed by atoms with van der Waals surface area (Å²) >= 11 is 0. The summed E-state index contributed by atoms with van der Waals surface area (Å²) in [5.41, 5.74) is 0. The lowest BCUT2D eigenvalue weighted by Gasteiger charge is -2.07. The van der Waals surface area contributed by atoms with Crippen LogP contribution in [0.25, 0.3) is 0 Å². The van der Waals surface area contributed by atoms with E-state index in [-0.39, 0.29) is 6.42 Å².